The molecule has 1 atom stereocenters. The van der Waals surface area contributed by atoms with Crippen molar-refractivity contribution in [3.8, 4) is 5.75 Å². The molecule has 7 heteroatoms. The van der Waals surface area contributed by atoms with Crippen LogP contribution in [0.4, 0.5) is 9.18 Å². The van der Waals surface area contributed by atoms with Gasteiger partial charge in [-0.2, -0.15) is 0 Å². The van der Waals surface area contributed by atoms with Gasteiger partial charge in [-0.3, -0.25) is 9.80 Å². The van der Waals surface area contributed by atoms with Crippen LogP contribution in [0, 0.1) is 5.82 Å². The first-order valence-corrected chi connectivity index (χ1v) is 9.81. The van der Waals surface area contributed by atoms with Crippen LogP contribution in [0.15, 0.2) is 18.2 Å². The number of hydrogen-bond donors (Lipinski definition) is 0. The topological polar surface area (TPSA) is 45.2 Å². The fourth-order valence-corrected chi connectivity index (χ4v) is 4.02. The van der Waals surface area contributed by atoms with Crippen molar-refractivity contribution in [2.75, 3.05) is 53.0 Å². The van der Waals surface area contributed by atoms with E-state index in [-0.39, 0.29) is 11.9 Å². The molecule has 2 heterocycles. The van der Waals surface area contributed by atoms with Crippen LogP contribution in [-0.4, -0.2) is 79.8 Å². The maximum atomic E-state index is 13.6. The summed E-state index contributed by atoms with van der Waals surface area (Å²) in [7, 11) is 1.50. The number of amides is 1. The summed E-state index contributed by atoms with van der Waals surface area (Å²) in [6.07, 6.45) is 2.14. The third-order valence-electron chi connectivity index (χ3n) is 5.46. The van der Waals surface area contributed by atoms with Crippen molar-refractivity contribution in [1.29, 1.82) is 0 Å². The minimum atomic E-state index is -0.322. The third-order valence-corrected chi connectivity index (χ3v) is 5.46. The highest BCUT2D eigenvalue weighted by atomic mass is 19.1. The minimum Gasteiger partial charge on any atom is -0.494 e. The number of carbonyl (C=O) groups excluding carboxylic acids is 1. The highest BCUT2D eigenvalue weighted by Crippen LogP contribution is 2.23. The van der Waals surface area contributed by atoms with E-state index in [0.717, 1.165) is 57.8 Å². The predicted molar refractivity (Wildman–Crippen MR) is 101 cm³/mol. The summed E-state index contributed by atoms with van der Waals surface area (Å²) in [6.45, 7) is 8.35. The first-order valence-electron chi connectivity index (χ1n) is 9.81. The van der Waals surface area contributed by atoms with Gasteiger partial charge in [0.15, 0.2) is 11.6 Å². The molecule has 3 rings (SSSR count). The van der Waals surface area contributed by atoms with Gasteiger partial charge in [0.05, 0.1) is 13.7 Å². The molecule has 0 aliphatic carbocycles. The number of ether oxygens (including phenoxy) is 2. The molecule has 1 aromatic carbocycles. The molecule has 0 spiro atoms. The molecule has 0 saturated carbocycles. The van der Waals surface area contributed by atoms with Gasteiger partial charge in [-0.25, -0.2) is 9.18 Å². The van der Waals surface area contributed by atoms with E-state index >= 15 is 0 Å². The molecular formula is C20H30FN3O3. The molecule has 1 aromatic rings. The molecule has 0 bridgehead atoms. The van der Waals surface area contributed by atoms with Gasteiger partial charge in [0.1, 0.15) is 0 Å². The van der Waals surface area contributed by atoms with E-state index in [1.807, 2.05) is 13.0 Å². The Balaban J connectivity index is 1.52. The fourth-order valence-electron chi connectivity index (χ4n) is 4.02. The van der Waals surface area contributed by atoms with Gasteiger partial charge in [-0.15, -0.1) is 0 Å². The Morgan fingerprint density at radius 2 is 2.00 bits per heavy atom. The van der Waals surface area contributed by atoms with Crippen molar-refractivity contribution in [2.24, 2.45) is 0 Å². The van der Waals surface area contributed by atoms with Crippen LogP contribution in [0.2, 0.25) is 0 Å². The zero-order valence-electron chi connectivity index (χ0n) is 16.3. The van der Waals surface area contributed by atoms with E-state index in [2.05, 4.69) is 9.80 Å². The van der Waals surface area contributed by atoms with Gasteiger partial charge in [0.25, 0.3) is 0 Å². The lowest BCUT2D eigenvalue weighted by Crippen LogP contribution is -2.55. The van der Waals surface area contributed by atoms with Crippen LogP contribution >= 0.6 is 0 Å². The van der Waals surface area contributed by atoms with Crippen molar-refractivity contribution in [2.45, 2.75) is 32.4 Å². The number of carbonyl (C=O) groups is 1. The third kappa shape index (κ3) is 5.11. The summed E-state index contributed by atoms with van der Waals surface area (Å²) in [5.41, 5.74) is 1.07. The molecule has 2 saturated heterocycles. The molecule has 0 N–H and O–H groups in total. The van der Waals surface area contributed by atoms with E-state index in [4.69, 9.17) is 9.47 Å². The Labute approximate surface area is 160 Å². The predicted octanol–water partition coefficient (Wildman–Crippen LogP) is 2.57. The van der Waals surface area contributed by atoms with Gasteiger partial charge in [-0.05, 0) is 44.0 Å². The van der Waals surface area contributed by atoms with Crippen LogP contribution in [-0.2, 0) is 11.3 Å². The zero-order chi connectivity index (χ0) is 19.2. The summed E-state index contributed by atoms with van der Waals surface area (Å²) in [4.78, 5) is 18.6. The molecule has 6 nitrogen and oxygen atoms in total. The van der Waals surface area contributed by atoms with Crippen molar-refractivity contribution in [1.82, 2.24) is 14.7 Å². The van der Waals surface area contributed by atoms with Gasteiger partial charge in [0.2, 0.25) is 0 Å². The van der Waals surface area contributed by atoms with E-state index < -0.39 is 0 Å². The van der Waals surface area contributed by atoms with Crippen molar-refractivity contribution < 1.29 is 18.7 Å². The first-order chi connectivity index (χ1) is 13.1. The second-order valence-electron chi connectivity index (χ2n) is 7.22. The Kier molecular flexibility index (Phi) is 6.90. The standard InChI is InChI=1S/C20H30FN3O3/c1-3-27-20(25)24-11-9-23(10-12-24)17-5-4-8-22(15-17)14-16-6-7-18(21)19(13-16)26-2/h6-7,13,17H,3-5,8-12,14-15H2,1-2H3/t17-/m1/s1. The Morgan fingerprint density at radius 1 is 1.22 bits per heavy atom. The maximum Gasteiger partial charge on any atom is 0.409 e. The molecule has 150 valence electrons. The average Bonchev–Trinajstić information content (AvgIpc) is 2.70. The van der Waals surface area contributed by atoms with E-state index in [1.165, 1.54) is 19.6 Å². The minimum absolute atomic E-state index is 0.201. The molecule has 0 aromatic heterocycles. The number of likely N-dealkylation sites (tertiary alicyclic amines) is 1. The van der Waals surface area contributed by atoms with Crippen LogP contribution < -0.4 is 4.74 Å². The first kappa shape index (κ1) is 19.9. The van der Waals surface area contributed by atoms with Gasteiger partial charge in [0, 0.05) is 45.3 Å². The second kappa shape index (κ2) is 9.37. The number of methoxy groups -OCH3 is 1. The molecule has 0 radical (unpaired) electrons. The van der Waals surface area contributed by atoms with Crippen molar-refractivity contribution in [3.05, 3.63) is 29.6 Å². The number of hydrogen-bond acceptors (Lipinski definition) is 5. The number of piperazine rings is 1. The normalized spacial score (nSPS) is 21.9. The van der Waals surface area contributed by atoms with E-state index in [1.54, 1.807) is 11.0 Å². The quantitative estimate of drug-likeness (QED) is 0.787. The molecule has 2 aliphatic heterocycles. The second-order valence-corrected chi connectivity index (χ2v) is 7.22. The van der Waals surface area contributed by atoms with Crippen molar-refractivity contribution >= 4 is 6.09 Å². The lowest BCUT2D eigenvalue weighted by atomic mass is 10.0. The molecule has 0 unspecified atom stereocenters. The maximum absolute atomic E-state index is 13.6. The van der Waals surface area contributed by atoms with Gasteiger partial charge < -0.3 is 14.4 Å². The molecule has 1 amide bonds. The van der Waals surface area contributed by atoms with E-state index in [9.17, 15) is 9.18 Å². The SMILES string of the molecule is CCOC(=O)N1CCN([C@@H]2CCCN(Cc3ccc(F)c(OC)c3)C2)CC1. The number of piperidine rings is 1. The Hall–Kier alpha value is -1.86. The number of rotatable bonds is 5. The van der Waals surface area contributed by atoms with Gasteiger partial charge >= 0.3 is 6.09 Å². The fraction of sp³-hybridized carbons (Fsp3) is 0.650. The van der Waals surface area contributed by atoms with Crippen LogP contribution in [0.1, 0.15) is 25.3 Å². The number of benzene rings is 1. The summed E-state index contributed by atoms with van der Waals surface area (Å²) < 4.78 is 23.8. The Morgan fingerprint density at radius 3 is 2.70 bits per heavy atom. The van der Waals surface area contributed by atoms with Gasteiger partial charge in [-0.1, -0.05) is 6.07 Å². The lowest BCUT2D eigenvalue weighted by molar-refractivity contribution is 0.0412. The number of nitrogens with zero attached hydrogens (tertiary/aromatic N) is 3. The van der Waals surface area contributed by atoms with Crippen LogP contribution in [0.5, 0.6) is 5.75 Å². The highest BCUT2D eigenvalue weighted by Gasteiger charge is 2.29. The molecular weight excluding hydrogens is 349 g/mol. The molecule has 2 fully saturated rings. The largest absolute Gasteiger partial charge is 0.494 e. The molecule has 27 heavy (non-hydrogen) atoms. The van der Waals surface area contributed by atoms with E-state index in [0.29, 0.717) is 18.4 Å². The zero-order valence-corrected chi connectivity index (χ0v) is 16.3. The lowest BCUT2D eigenvalue weighted by Gasteiger charge is -2.43. The highest BCUT2D eigenvalue weighted by molar-refractivity contribution is 5.67. The van der Waals surface area contributed by atoms with Crippen LogP contribution in [0.3, 0.4) is 0 Å². The monoisotopic (exact) mass is 379 g/mol. The number of halogens is 1. The molecule has 2 aliphatic rings. The Bertz CT molecular complexity index is 635. The summed E-state index contributed by atoms with van der Waals surface area (Å²) in [5, 5.41) is 0. The van der Waals surface area contributed by atoms with Crippen molar-refractivity contribution in [3.63, 3.8) is 0 Å². The smallest absolute Gasteiger partial charge is 0.409 e. The summed E-state index contributed by atoms with van der Waals surface area (Å²) in [5.74, 6) is -0.0200. The summed E-state index contributed by atoms with van der Waals surface area (Å²) >= 11 is 0. The average molecular weight is 379 g/mol. The van der Waals surface area contributed by atoms with Crippen LogP contribution in [0.25, 0.3) is 0 Å². The summed E-state index contributed by atoms with van der Waals surface area (Å²) in [6, 6.07) is 5.60.